The molecular formula is C10H7Cl2IN2OS. The number of thiophene rings is 1. The van der Waals surface area contributed by atoms with Crippen LogP contribution in [0.1, 0.15) is 5.69 Å². The highest BCUT2D eigenvalue weighted by Crippen LogP contribution is 2.31. The lowest BCUT2D eigenvalue weighted by molar-refractivity contribution is 0.181. The largest absolute Gasteiger partial charge is 0.378 e. The summed E-state index contributed by atoms with van der Waals surface area (Å²) >= 11 is 15.5. The van der Waals surface area contributed by atoms with E-state index in [0.29, 0.717) is 21.9 Å². The van der Waals surface area contributed by atoms with E-state index in [4.69, 9.17) is 27.9 Å². The molecule has 0 N–H and O–H groups in total. The molecule has 2 aromatic rings. The fourth-order valence-corrected chi connectivity index (χ4v) is 2.80. The number of rotatable bonds is 3. The van der Waals surface area contributed by atoms with Crippen LogP contribution in [-0.4, -0.2) is 17.1 Å². The van der Waals surface area contributed by atoms with Gasteiger partial charge in [-0.15, -0.1) is 11.3 Å². The Morgan fingerprint density at radius 3 is 2.71 bits per heavy atom. The third-order valence-electron chi connectivity index (χ3n) is 1.95. The minimum absolute atomic E-state index is 0.409. The molecule has 2 rings (SSSR count). The Kier molecular flexibility index (Phi) is 4.59. The number of nitrogens with zero attached hydrogens (tertiary/aromatic N) is 2. The van der Waals surface area contributed by atoms with E-state index in [0.717, 1.165) is 14.1 Å². The van der Waals surface area contributed by atoms with Gasteiger partial charge in [0.15, 0.2) is 5.82 Å². The second kappa shape index (κ2) is 5.79. The van der Waals surface area contributed by atoms with Gasteiger partial charge in [0.1, 0.15) is 5.15 Å². The molecule has 0 aliphatic rings. The van der Waals surface area contributed by atoms with Crippen molar-refractivity contribution in [3.05, 3.63) is 30.9 Å². The number of hydrogen-bond acceptors (Lipinski definition) is 4. The summed E-state index contributed by atoms with van der Waals surface area (Å²) in [6, 6.07) is 3.69. The summed E-state index contributed by atoms with van der Waals surface area (Å²) in [6.45, 7) is 0.409. The van der Waals surface area contributed by atoms with Crippen LogP contribution in [0.5, 0.6) is 0 Å². The quantitative estimate of drug-likeness (QED) is 0.570. The molecule has 0 aromatic carbocycles. The second-order valence-corrected chi connectivity index (χ2v) is 6.29. The smallest absolute Gasteiger partial charge is 0.171 e. The van der Waals surface area contributed by atoms with Crippen molar-refractivity contribution in [2.24, 2.45) is 0 Å². The molecule has 0 unspecified atom stereocenters. The van der Waals surface area contributed by atoms with E-state index in [2.05, 4.69) is 32.6 Å². The highest BCUT2D eigenvalue weighted by atomic mass is 127. The minimum atomic E-state index is 0.409. The maximum atomic E-state index is 6.07. The maximum absolute atomic E-state index is 6.07. The molecule has 0 spiro atoms. The van der Waals surface area contributed by atoms with Crippen LogP contribution in [0.25, 0.3) is 10.7 Å². The van der Waals surface area contributed by atoms with Gasteiger partial charge < -0.3 is 4.74 Å². The fraction of sp³-hybridized carbons (Fsp3) is 0.200. The number of hydrogen-bond donors (Lipinski definition) is 0. The molecule has 0 radical (unpaired) electrons. The maximum Gasteiger partial charge on any atom is 0.171 e. The standard InChI is InChI=1S/C10H7Cl2IN2OS/c1-16-4-5-8(13)9(12)15-10(14-5)6-2-3-7(11)17-6/h2-3H,4H2,1H3. The van der Waals surface area contributed by atoms with Crippen molar-refractivity contribution in [1.29, 1.82) is 0 Å². The number of halogens is 3. The molecule has 90 valence electrons. The van der Waals surface area contributed by atoms with Crippen LogP contribution in [0, 0.1) is 3.57 Å². The van der Waals surface area contributed by atoms with Gasteiger partial charge in [-0.2, -0.15) is 0 Å². The van der Waals surface area contributed by atoms with Gasteiger partial charge in [-0.1, -0.05) is 23.2 Å². The molecular weight excluding hydrogens is 394 g/mol. The summed E-state index contributed by atoms with van der Waals surface area (Å²) in [6.07, 6.45) is 0. The Bertz CT molecular complexity index is 547. The summed E-state index contributed by atoms with van der Waals surface area (Å²) in [5.41, 5.74) is 0.785. The van der Waals surface area contributed by atoms with Crippen LogP contribution in [0.2, 0.25) is 9.49 Å². The van der Waals surface area contributed by atoms with Crippen molar-refractivity contribution in [1.82, 2.24) is 9.97 Å². The van der Waals surface area contributed by atoms with E-state index in [1.54, 1.807) is 7.11 Å². The molecule has 0 fully saturated rings. The van der Waals surface area contributed by atoms with E-state index in [-0.39, 0.29) is 0 Å². The van der Waals surface area contributed by atoms with Crippen LogP contribution in [0.3, 0.4) is 0 Å². The summed E-state index contributed by atoms with van der Waals surface area (Å²) in [5, 5.41) is 0.437. The third-order valence-corrected chi connectivity index (χ3v) is 4.91. The van der Waals surface area contributed by atoms with E-state index in [1.165, 1.54) is 11.3 Å². The molecule has 7 heteroatoms. The molecule has 3 nitrogen and oxygen atoms in total. The number of methoxy groups -OCH3 is 1. The SMILES string of the molecule is COCc1nc(-c2ccc(Cl)s2)nc(Cl)c1I. The molecule has 0 aliphatic heterocycles. The highest BCUT2D eigenvalue weighted by Gasteiger charge is 2.13. The lowest BCUT2D eigenvalue weighted by Gasteiger charge is -2.06. The average Bonchev–Trinajstić information content (AvgIpc) is 2.71. The molecule has 17 heavy (non-hydrogen) atoms. The molecule has 0 amide bonds. The van der Waals surface area contributed by atoms with Gasteiger partial charge in [0.05, 0.1) is 25.1 Å². The van der Waals surface area contributed by atoms with Crippen molar-refractivity contribution < 1.29 is 4.74 Å². The lowest BCUT2D eigenvalue weighted by atomic mass is 10.4. The van der Waals surface area contributed by atoms with Gasteiger partial charge in [0, 0.05) is 7.11 Å². The molecule has 2 heterocycles. The topological polar surface area (TPSA) is 35.0 Å². The number of aromatic nitrogens is 2. The Balaban J connectivity index is 2.48. The highest BCUT2D eigenvalue weighted by molar-refractivity contribution is 14.1. The van der Waals surface area contributed by atoms with E-state index >= 15 is 0 Å². The molecule has 0 atom stereocenters. The van der Waals surface area contributed by atoms with Crippen molar-refractivity contribution in [2.75, 3.05) is 7.11 Å². The van der Waals surface area contributed by atoms with E-state index in [1.807, 2.05) is 12.1 Å². The first-order valence-electron chi connectivity index (χ1n) is 4.58. The zero-order valence-electron chi connectivity index (χ0n) is 8.71. The third kappa shape index (κ3) is 3.08. The van der Waals surface area contributed by atoms with Crippen LogP contribution >= 0.6 is 57.1 Å². The van der Waals surface area contributed by atoms with Crippen LogP contribution in [-0.2, 0) is 11.3 Å². The first-order valence-corrected chi connectivity index (χ1v) is 7.23. The second-order valence-electron chi connectivity index (χ2n) is 3.14. The average molecular weight is 401 g/mol. The van der Waals surface area contributed by atoms with Gasteiger partial charge in [-0.05, 0) is 34.7 Å². The van der Waals surface area contributed by atoms with Gasteiger partial charge in [-0.3, -0.25) is 0 Å². The summed E-state index contributed by atoms with van der Waals surface area (Å²) in [5.74, 6) is 0.583. The Morgan fingerprint density at radius 2 is 2.12 bits per heavy atom. The Labute approximate surface area is 126 Å². The normalized spacial score (nSPS) is 10.8. The first-order chi connectivity index (χ1) is 8.11. The molecule has 0 saturated carbocycles. The van der Waals surface area contributed by atoms with Crippen molar-refractivity contribution >= 4 is 57.1 Å². The predicted octanol–water partition coefficient (Wildman–Crippen LogP) is 4.26. The van der Waals surface area contributed by atoms with E-state index < -0.39 is 0 Å². The van der Waals surface area contributed by atoms with Crippen molar-refractivity contribution in [3.63, 3.8) is 0 Å². The first kappa shape index (κ1) is 13.5. The summed E-state index contributed by atoms with van der Waals surface area (Å²) in [4.78, 5) is 9.57. The van der Waals surface area contributed by atoms with Crippen molar-refractivity contribution in [3.8, 4) is 10.7 Å². The molecule has 0 saturated heterocycles. The van der Waals surface area contributed by atoms with Gasteiger partial charge in [-0.25, -0.2) is 9.97 Å². The molecule has 0 bridgehead atoms. The Morgan fingerprint density at radius 1 is 1.35 bits per heavy atom. The monoisotopic (exact) mass is 400 g/mol. The van der Waals surface area contributed by atoms with E-state index in [9.17, 15) is 0 Å². The van der Waals surface area contributed by atoms with Crippen LogP contribution < -0.4 is 0 Å². The van der Waals surface area contributed by atoms with Crippen LogP contribution in [0.4, 0.5) is 0 Å². The fourth-order valence-electron chi connectivity index (χ4n) is 1.24. The summed E-state index contributed by atoms with van der Waals surface area (Å²) in [7, 11) is 1.62. The van der Waals surface area contributed by atoms with Crippen molar-refractivity contribution in [2.45, 2.75) is 6.61 Å². The van der Waals surface area contributed by atoms with Gasteiger partial charge in [0.25, 0.3) is 0 Å². The van der Waals surface area contributed by atoms with Gasteiger partial charge >= 0.3 is 0 Å². The zero-order valence-corrected chi connectivity index (χ0v) is 13.2. The molecule has 0 aliphatic carbocycles. The molecule has 2 aromatic heterocycles. The number of ether oxygens (including phenoxy) is 1. The lowest BCUT2D eigenvalue weighted by Crippen LogP contribution is -2.01. The van der Waals surface area contributed by atoms with Gasteiger partial charge in [0.2, 0.25) is 0 Å². The predicted molar refractivity (Wildman–Crippen MR) is 78.8 cm³/mol. The summed E-state index contributed by atoms with van der Waals surface area (Å²) < 4.78 is 6.60. The zero-order chi connectivity index (χ0) is 12.4. The Hall–Kier alpha value is 0.0500. The van der Waals surface area contributed by atoms with Crippen LogP contribution in [0.15, 0.2) is 12.1 Å². The minimum Gasteiger partial charge on any atom is -0.378 e.